The molecule has 0 unspecified atom stereocenters. The lowest BCUT2D eigenvalue weighted by atomic mass is 10.1. The number of carboxylic acid groups (broad SMARTS) is 1. The molecule has 0 aliphatic heterocycles. The first-order valence-corrected chi connectivity index (χ1v) is 5.22. The van der Waals surface area contributed by atoms with Crippen LogP contribution in [0.5, 0.6) is 0 Å². The third-order valence-electron chi connectivity index (χ3n) is 2.49. The Hall–Kier alpha value is -2.23. The summed E-state index contributed by atoms with van der Waals surface area (Å²) < 4.78 is 0. The Kier molecular flexibility index (Phi) is 2.87. The second-order valence-corrected chi connectivity index (χ2v) is 3.87. The highest BCUT2D eigenvalue weighted by Gasteiger charge is 2.10. The van der Waals surface area contributed by atoms with Crippen molar-refractivity contribution in [2.75, 3.05) is 0 Å². The second kappa shape index (κ2) is 4.33. The van der Waals surface area contributed by atoms with E-state index in [-0.39, 0.29) is 5.56 Å². The summed E-state index contributed by atoms with van der Waals surface area (Å²) >= 11 is 0. The van der Waals surface area contributed by atoms with Gasteiger partial charge in [-0.25, -0.2) is 14.8 Å². The Bertz CT molecular complexity index is 579. The summed E-state index contributed by atoms with van der Waals surface area (Å²) in [6.07, 6.45) is 1.35. The predicted octanol–water partition coefficient (Wildman–Crippen LogP) is 2.46. The molecule has 1 N–H and O–H groups in total. The quantitative estimate of drug-likeness (QED) is 0.857. The number of carboxylic acids is 1. The van der Waals surface area contributed by atoms with Gasteiger partial charge in [-0.15, -0.1) is 0 Å². The number of hydrogen-bond acceptors (Lipinski definition) is 3. The number of nitrogens with zero attached hydrogens (tertiary/aromatic N) is 2. The third kappa shape index (κ3) is 2.30. The highest BCUT2D eigenvalue weighted by Crippen LogP contribution is 2.17. The van der Waals surface area contributed by atoms with E-state index in [1.165, 1.54) is 6.20 Å². The first kappa shape index (κ1) is 11.3. The van der Waals surface area contributed by atoms with Crippen molar-refractivity contribution in [3.63, 3.8) is 0 Å². The van der Waals surface area contributed by atoms with Crippen LogP contribution < -0.4 is 0 Å². The highest BCUT2D eigenvalue weighted by atomic mass is 16.4. The Balaban J connectivity index is 2.48. The van der Waals surface area contributed by atoms with Crippen LogP contribution in [0.4, 0.5) is 0 Å². The van der Waals surface area contributed by atoms with E-state index in [0.29, 0.717) is 11.5 Å². The minimum Gasteiger partial charge on any atom is -0.478 e. The Morgan fingerprint density at radius 3 is 2.65 bits per heavy atom. The van der Waals surface area contributed by atoms with E-state index in [4.69, 9.17) is 5.11 Å². The molecule has 0 atom stereocenters. The molecule has 4 nitrogen and oxygen atoms in total. The van der Waals surface area contributed by atoms with Gasteiger partial charge < -0.3 is 5.11 Å². The first-order valence-electron chi connectivity index (χ1n) is 5.22. The summed E-state index contributed by atoms with van der Waals surface area (Å²) in [7, 11) is 0. The highest BCUT2D eigenvalue weighted by molar-refractivity contribution is 5.88. The summed E-state index contributed by atoms with van der Waals surface area (Å²) in [6, 6.07) is 7.79. The number of hydrogen-bond donors (Lipinski definition) is 1. The van der Waals surface area contributed by atoms with E-state index in [1.54, 1.807) is 6.92 Å². The first-order chi connectivity index (χ1) is 8.08. The van der Waals surface area contributed by atoms with Crippen molar-refractivity contribution < 1.29 is 9.90 Å². The fourth-order valence-electron chi connectivity index (χ4n) is 1.60. The van der Waals surface area contributed by atoms with Gasteiger partial charge in [0.1, 0.15) is 0 Å². The minimum absolute atomic E-state index is 0.140. The molecular weight excluding hydrogens is 216 g/mol. The number of carbonyl (C=O) groups is 1. The molecule has 2 aromatic rings. The molecule has 0 bridgehead atoms. The van der Waals surface area contributed by atoms with Crippen LogP contribution in [0.1, 0.15) is 21.6 Å². The fourth-order valence-corrected chi connectivity index (χ4v) is 1.60. The summed E-state index contributed by atoms with van der Waals surface area (Å²) in [5, 5.41) is 8.89. The molecule has 0 saturated heterocycles. The number of aromatic carboxylic acids is 1. The van der Waals surface area contributed by atoms with Gasteiger partial charge in [0.25, 0.3) is 0 Å². The van der Waals surface area contributed by atoms with Gasteiger partial charge in [-0.2, -0.15) is 0 Å². The van der Waals surface area contributed by atoms with Crippen molar-refractivity contribution in [1.82, 2.24) is 9.97 Å². The molecule has 1 heterocycles. The molecule has 0 radical (unpaired) electrons. The fraction of sp³-hybridized carbons (Fsp3) is 0.154. The molecule has 0 fully saturated rings. The van der Waals surface area contributed by atoms with Crippen LogP contribution in [0.25, 0.3) is 11.4 Å². The summed E-state index contributed by atoms with van der Waals surface area (Å²) in [5.41, 5.74) is 2.63. The van der Waals surface area contributed by atoms with E-state index in [2.05, 4.69) is 9.97 Å². The van der Waals surface area contributed by atoms with Crippen LogP contribution >= 0.6 is 0 Å². The minimum atomic E-state index is -1.00. The van der Waals surface area contributed by atoms with Crippen LogP contribution in [-0.4, -0.2) is 21.0 Å². The van der Waals surface area contributed by atoms with E-state index < -0.39 is 5.97 Å². The lowest BCUT2D eigenvalue weighted by Gasteiger charge is -2.04. The zero-order valence-corrected chi connectivity index (χ0v) is 9.64. The Morgan fingerprint density at radius 1 is 1.29 bits per heavy atom. The summed E-state index contributed by atoms with van der Waals surface area (Å²) in [6.45, 7) is 3.66. The molecular formula is C13H12N2O2. The van der Waals surface area contributed by atoms with Crippen LogP contribution in [0.2, 0.25) is 0 Å². The van der Waals surface area contributed by atoms with Crippen molar-refractivity contribution in [2.45, 2.75) is 13.8 Å². The molecule has 0 aliphatic carbocycles. The SMILES string of the molecule is Cc1cccc(-c2ncc(C(=O)O)c(C)n2)c1. The molecule has 0 saturated carbocycles. The molecule has 4 heteroatoms. The normalized spacial score (nSPS) is 10.2. The standard InChI is InChI=1S/C13H12N2O2/c1-8-4-3-5-10(6-8)12-14-7-11(13(16)17)9(2)15-12/h3-7H,1-2H3,(H,16,17). The van der Waals surface area contributed by atoms with E-state index >= 15 is 0 Å². The number of rotatable bonds is 2. The average molecular weight is 228 g/mol. The maximum atomic E-state index is 10.8. The van der Waals surface area contributed by atoms with Crippen molar-refractivity contribution in [3.05, 3.63) is 47.3 Å². The zero-order valence-electron chi connectivity index (χ0n) is 9.64. The van der Waals surface area contributed by atoms with Gasteiger partial charge in [0.2, 0.25) is 0 Å². The molecule has 86 valence electrons. The lowest BCUT2D eigenvalue weighted by molar-refractivity contribution is 0.0695. The van der Waals surface area contributed by atoms with E-state index in [0.717, 1.165) is 11.1 Å². The third-order valence-corrected chi connectivity index (χ3v) is 2.49. The molecule has 0 spiro atoms. The van der Waals surface area contributed by atoms with Crippen LogP contribution in [0.3, 0.4) is 0 Å². The zero-order chi connectivity index (χ0) is 12.4. The molecule has 1 aromatic carbocycles. The lowest BCUT2D eigenvalue weighted by Crippen LogP contribution is -2.04. The van der Waals surface area contributed by atoms with Gasteiger partial charge in [0.05, 0.1) is 11.3 Å². The van der Waals surface area contributed by atoms with Gasteiger partial charge in [-0.1, -0.05) is 23.8 Å². The Labute approximate surface area is 99.0 Å². The van der Waals surface area contributed by atoms with Crippen molar-refractivity contribution >= 4 is 5.97 Å². The smallest absolute Gasteiger partial charge is 0.339 e. The van der Waals surface area contributed by atoms with Crippen LogP contribution in [0, 0.1) is 13.8 Å². The van der Waals surface area contributed by atoms with Gasteiger partial charge >= 0.3 is 5.97 Å². The van der Waals surface area contributed by atoms with Gasteiger partial charge in [-0.05, 0) is 19.9 Å². The van der Waals surface area contributed by atoms with E-state index in [1.807, 2.05) is 31.2 Å². The van der Waals surface area contributed by atoms with E-state index in [9.17, 15) is 4.79 Å². The largest absolute Gasteiger partial charge is 0.478 e. The van der Waals surface area contributed by atoms with Crippen molar-refractivity contribution in [1.29, 1.82) is 0 Å². The van der Waals surface area contributed by atoms with Crippen molar-refractivity contribution in [3.8, 4) is 11.4 Å². The van der Waals surface area contributed by atoms with Crippen LogP contribution in [-0.2, 0) is 0 Å². The van der Waals surface area contributed by atoms with Gasteiger partial charge in [0, 0.05) is 11.8 Å². The monoisotopic (exact) mass is 228 g/mol. The van der Waals surface area contributed by atoms with Gasteiger partial charge in [0.15, 0.2) is 5.82 Å². The number of aromatic nitrogens is 2. The molecule has 0 amide bonds. The second-order valence-electron chi connectivity index (χ2n) is 3.87. The topological polar surface area (TPSA) is 63.1 Å². The van der Waals surface area contributed by atoms with Gasteiger partial charge in [-0.3, -0.25) is 0 Å². The summed E-state index contributed by atoms with van der Waals surface area (Å²) in [4.78, 5) is 19.1. The molecule has 0 aliphatic rings. The molecule has 1 aromatic heterocycles. The number of benzene rings is 1. The predicted molar refractivity (Wildman–Crippen MR) is 63.9 cm³/mol. The molecule has 2 rings (SSSR count). The number of aryl methyl sites for hydroxylation is 2. The van der Waals surface area contributed by atoms with Crippen LogP contribution in [0.15, 0.2) is 30.5 Å². The molecule has 17 heavy (non-hydrogen) atoms. The summed E-state index contributed by atoms with van der Waals surface area (Å²) in [5.74, 6) is -0.450. The average Bonchev–Trinajstić information content (AvgIpc) is 2.28. The Morgan fingerprint density at radius 2 is 2.06 bits per heavy atom. The maximum Gasteiger partial charge on any atom is 0.339 e. The maximum absolute atomic E-state index is 10.8. The van der Waals surface area contributed by atoms with Crippen molar-refractivity contribution in [2.24, 2.45) is 0 Å².